The number of carbonyl (C=O) groups is 2. The van der Waals surface area contributed by atoms with Gasteiger partial charge in [0.15, 0.2) is 17.7 Å². The Morgan fingerprint density at radius 1 is 1.05 bits per heavy atom. The number of aliphatic hydroxyl groups is 4. The van der Waals surface area contributed by atoms with Crippen LogP contribution in [0.5, 0.6) is 0 Å². The van der Waals surface area contributed by atoms with E-state index < -0.39 is 61.7 Å². The molecule has 1 aliphatic rings. The van der Waals surface area contributed by atoms with Crippen molar-refractivity contribution in [3.05, 3.63) is 12.7 Å². The van der Waals surface area contributed by atoms with E-state index in [1.807, 2.05) is 0 Å². The number of amides is 2. The van der Waals surface area contributed by atoms with Crippen molar-refractivity contribution in [2.45, 2.75) is 108 Å². The van der Waals surface area contributed by atoms with E-state index in [9.17, 15) is 30.0 Å². The number of aliphatic hydroxyl groups excluding tert-OH is 4. The van der Waals surface area contributed by atoms with E-state index in [2.05, 4.69) is 54.7 Å². The molecule has 14 nitrogen and oxygen atoms in total. The fourth-order valence-corrected chi connectivity index (χ4v) is 4.76. The van der Waals surface area contributed by atoms with Gasteiger partial charge in [-0.1, -0.05) is 64.2 Å². The molecule has 0 saturated carbocycles. The molecule has 0 bridgehead atoms. The summed E-state index contributed by atoms with van der Waals surface area (Å²) in [6.07, 6.45) is 6.68. The number of nitrogens with one attached hydrogen (secondary N) is 4. The summed E-state index contributed by atoms with van der Waals surface area (Å²) >= 11 is 0. The van der Waals surface area contributed by atoms with E-state index in [0.29, 0.717) is 17.6 Å². The highest BCUT2D eigenvalue weighted by molar-refractivity contribution is 5.95. The molecule has 0 aromatic carbocycles. The minimum absolute atomic E-state index is 0.218. The van der Waals surface area contributed by atoms with Crippen LogP contribution in [0.2, 0.25) is 0 Å². The summed E-state index contributed by atoms with van der Waals surface area (Å²) in [4.78, 5) is 39.6. The lowest BCUT2D eigenvalue weighted by molar-refractivity contribution is -0.204. The third-order valence-corrected chi connectivity index (χ3v) is 7.10. The summed E-state index contributed by atoms with van der Waals surface area (Å²) in [6, 6.07) is -1.31. The number of rotatable bonds is 16. The largest absolute Gasteiger partial charge is 0.394 e. The lowest BCUT2D eigenvalue weighted by Gasteiger charge is -2.44. The number of anilines is 1. The molecule has 0 unspecified atom stereocenters. The summed E-state index contributed by atoms with van der Waals surface area (Å²) in [6.45, 7) is 1.01. The Bertz CT molecular complexity index is 1180. The summed E-state index contributed by atoms with van der Waals surface area (Å²) in [7, 11) is 0. The van der Waals surface area contributed by atoms with Gasteiger partial charge in [-0.2, -0.15) is 0 Å². The number of imidazole rings is 1. The molecule has 3 heterocycles. The number of H-pyrrole nitrogens is 1. The number of fused-ring (bicyclic) bond motifs is 1. The normalized spacial score (nSPS) is 22.6. The van der Waals surface area contributed by atoms with E-state index >= 15 is 0 Å². The van der Waals surface area contributed by atoms with Gasteiger partial charge in [0.2, 0.25) is 5.91 Å². The monoisotopic (exact) mass is 589 g/mol. The Labute approximate surface area is 245 Å². The molecule has 0 spiro atoms. The Kier molecular flexibility index (Phi) is 13.9. The highest BCUT2D eigenvalue weighted by atomic mass is 16.5. The smallest absolute Gasteiger partial charge is 0.296 e. The molecule has 0 radical (unpaired) electrons. The van der Waals surface area contributed by atoms with Crippen molar-refractivity contribution in [1.29, 1.82) is 0 Å². The number of hydrogen-bond acceptors (Lipinski definition) is 11. The second-order valence-corrected chi connectivity index (χ2v) is 10.4. The van der Waals surface area contributed by atoms with Gasteiger partial charge in [0.05, 0.1) is 25.5 Å². The van der Waals surface area contributed by atoms with Gasteiger partial charge in [0, 0.05) is 6.42 Å². The number of hydrogen-bond donors (Lipinski definition) is 8. The standard InChI is InChI=1S/C28H43N7O7/c1-2-3-4-5-6-7-8-9-10-11-12-13-19(38)29-14-20(39)34-21-23(40)24(41)28(42-25(21)18(37)15-36)35-27-22-26(31-16-30-22)32-17-33-27/h16-18,21,23-25,28,36-37,40-41H,2-11,14-15H2,1H3,(H,29,38)(H,34,39)(H2,30,31,32,33,35)/t18-,21+,23+,24+,25-,28-/m0/s1. The second-order valence-electron chi connectivity index (χ2n) is 10.4. The van der Waals surface area contributed by atoms with Crippen LogP contribution in [0.4, 0.5) is 5.82 Å². The van der Waals surface area contributed by atoms with Gasteiger partial charge in [-0.25, -0.2) is 15.0 Å². The van der Waals surface area contributed by atoms with Crippen LogP contribution in [0, 0.1) is 11.8 Å². The van der Waals surface area contributed by atoms with Gasteiger partial charge >= 0.3 is 0 Å². The van der Waals surface area contributed by atoms with Crippen molar-refractivity contribution in [2.24, 2.45) is 0 Å². The Morgan fingerprint density at radius 2 is 1.76 bits per heavy atom. The molecule has 1 fully saturated rings. The summed E-state index contributed by atoms with van der Waals surface area (Å²) in [5.74, 6) is 4.17. The third-order valence-electron chi connectivity index (χ3n) is 7.10. The number of nitrogens with zero attached hydrogens (tertiary/aromatic N) is 3. The number of ether oxygens (including phenoxy) is 1. The van der Waals surface area contributed by atoms with Crippen LogP contribution >= 0.6 is 0 Å². The van der Waals surface area contributed by atoms with Crippen molar-refractivity contribution in [2.75, 3.05) is 18.5 Å². The molecule has 0 aliphatic carbocycles. The fourth-order valence-electron chi connectivity index (χ4n) is 4.76. The van der Waals surface area contributed by atoms with Gasteiger partial charge in [0.1, 0.15) is 36.3 Å². The van der Waals surface area contributed by atoms with Gasteiger partial charge in [-0.15, -0.1) is 0 Å². The van der Waals surface area contributed by atoms with Crippen molar-refractivity contribution in [3.63, 3.8) is 0 Å². The number of aromatic nitrogens is 4. The number of carbonyl (C=O) groups excluding carboxylic acids is 2. The second kappa shape index (κ2) is 17.6. The van der Waals surface area contributed by atoms with Crippen molar-refractivity contribution in [1.82, 2.24) is 30.6 Å². The molecule has 3 rings (SSSR count). The average Bonchev–Trinajstić information content (AvgIpc) is 3.48. The van der Waals surface area contributed by atoms with E-state index in [-0.39, 0.29) is 5.82 Å². The summed E-state index contributed by atoms with van der Waals surface area (Å²) in [5.41, 5.74) is 0.773. The molecule has 1 saturated heterocycles. The van der Waals surface area contributed by atoms with Gasteiger partial charge in [0.25, 0.3) is 5.91 Å². The van der Waals surface area contributed by atoms with Gasteiger partial charge in [-0.05, 0) is 12.3 Å². The molecule has 2 amide bonds. The number of unbranched alkanes of at least 4 members (excludes halogenated alkanes) is 9. The van der Waals surface area contributed by atoms with E-state index in [0.717, 1.165) is 19.3 Å². The zero-order valence-electron chi connectivity index (χ0n) is 24.0. The molecule has 6 atom stereocenters. The highest BCUT2D eigenvalue weighted by Gasteiger charge is 2.48. The zero-order valence-corrected chi connectivity index (χ0v) is 24.0. The van der Waals surface area contributed by atoms with Gasteiger partial charge in [-0.3, -0.25) is 9.59 Å². The quantitative estimate of drug-likeness (QED) is 0.0970. The first-order valence-electron chi connectivity index (χ1n) is 14.6. The lowest BCUT2D eigenvalue weighted by atomic mass is 9.92. The molecular formula is C28H43N7O7. The minimum atomic E-state index is -1.61. The Hall–Kier alpha value is -3.35. The summed E-state index contributed by atoms with van der Waals surface area (Å²) < 4.78 is 5.76. The first kappa shape index (κ1) is 33.2. The molecular weight excluding hydrogens is 546 g/mol. The first-order chi connectivity index (χ1) is 20.3. The minimum Gasteiger partial charge on any atom is -0.394 e. The van der Waals surface area contributed by atoms with Crippen LogP contribution in [-0.2, 0) is 14.3 Å². The Morgan fingerprint density at radius 3 is 2.48 bits per heavy atom. The van der Waals surface area contributed by atoms with E-state index in [4.69, 9.17) is 4.74 Å². The zero-order chi connectivity index (χ0) is 30.3. The predicted molar refractivity (Wildman–Crippen MR) is 154 cm³/mol. The maximum absolute atomic E-state index is 12.6. The molecule has 2 aromatic heterocycles. The van der Waals surface area contributed by atoms with Crippen LogP contribution in [0.1, 0.15) is 71.1 Å². The van der Waals surface area contributed by atoms with E-state index in [1.165, 1.54) is 51.2 Å². The van der Waals surface area contributed by atoms with Crippen LogP contribution in [-0.4, -0.2) is 102 Å². The fraction of sp³-hybridized carbons (Fsp3) is 0.679. The van der Waals surface area contributed by atoms with Crippen molar-refractivity contribution < 1.29 is 34.8 Å². The maximum atomic E-state index is 12.6. The SMILES string of the molecule is CCCCCCCCCCCC#CC(=O)NCC(=O)N[C@@H]1[C@@H](O)[C@@H](O)[C@@H](Nc2ncnc3nc[nH]c23)O[C@H]1[C@@H](O)CO. The van der Waals surface area contributed by atoms with Crippen LogP contribution in [0.25, 0.3) is 11.2 Å². The maximum Gasteiger partial charge on any atom is 0.296 e. The van der Waals surface area contributed by atoms with Crippen LogP contribution in [0.3, 0.4) is 0 Å². The third kappa shape index (κ3) is 9.88. The summed E-state index contributed by atoms with van der Waals surface area (Å²) in [5, 5.41) is 49.2. The van der Waals surface area contributed by atoms with Gasteiger partial charge < -0.3 is 46.1 Å². The first-order valence-corrected chi connectivity index (χ1v) is 14.6. The topological polar surface area (TPSA) is 215 Å². The molecule has 1 aliphatic heterocycles. The molecule has 42 heavy (non-hydrogen) atoms. The molecule has 2 aromatic rings. The van der Waals surface area contributed by atoms with Crippen LogP contribution in [0.15, 0.2) is 12.7 Å². The average molecular weight is 590 g/mol. The Balaban J connectivity index is 1.44. The molecule has 8 N–H and O–H groups in total. The van der Waals surface area contributed by atoms with Crippen molar-refractivity contribution in [3.8, 4) is 11.8 Å². The van der Waals surface area contributed by atoms with Crippen LogP contribution < -0.4 is 16.0 Å². The number of aromatic amines is 1. The van der Waals surface area contributed by atoms with E-state index in [1.54, 1.807) is 0 Å². The van der Waals surface area contributed by atoms with Crippen molar-refractivity contribution >= 4 is 28.8 Å². The predicted octanol–water partition coefficient (Wildman–Crippen LogP) is 0.0900. The highest BCUT2D eigenvalue weighted by Crippen LogP contribution is 2.26. The molecule has 14 heteroatoms. The lowest BCUT2D eigenvalue weighted by Crippen LogP contribution is -2.68. The molecule has 232 valence electrons.